The lowest BCUT2D eigenvalue weighted by Gasteiger charge is -2.23. The van der Waals surface area contributed by atoms with Crippen molar-refractivity contribution in [2.75, 3.05) is 0 Å². The van der Waals surface area contributed by atoms with Crippen LogP contribution in [0.1, 0.15) is 39.2 Å². The molecule has 126 valence electrons. The summed E-state index contributed by atoms with van der Waals surface area (Å²) in [6.07, 6.45) is 2.28. The molecule has 1 aromatic carbocycles. The van der Waals surface area contributed by atoms with Gasteiger partial charge >= 0.3 is 0 Å². The second kappa shape index (κ2) is 9.77. The van der Waals surface area contributed by atoms with E-state index in [0.29, 0.717) is 12.8 Å². The van der Waals surface area contributed by atoms with Gasteiger partial charge in [-0.05, 0) is 24.3 Å². The van der Waals surface area contributed by atoms with Gasteiger partial charge in [0, 0.05) is 6.42 Å². The van der Waals surface area contributed by atoms with Crippen molar-refractivity contribution in [2.45, 2.75) is 52.1 Å². The van der Waals surface area contributed by atoms with Crippen LogP contribution in [-0.2, 0) is 20.8 Å². The molecule has 1 aromatic rings. The van der Waals surface area contributed by atoms with E-state index in [4.69, 9.17) is 0 Å². The van der Waals surface area contributed by atoms with Gasteiger partial charge in [-0.15, -0.1) is 0 Å². The van der Waals surface area contributed by atoms with Crippen LogP contribution in [0.25, 0.3) is 0 Å². The molecular formula is C18H26N2O3. The summed E-state index contributed by atoms with van der Waals surface area (Å²) in [6.45, 7) is 5.64. The number of nitrogens with one attached hydrogen (secondary N) is 2. The summed E-state index contributed by atoms with van der Waals surface area (Å²) in [6, 6.07) is 8.26. The van der Waals surface area contributed by atoms with Crippen molar-refractivity contribution < 1.29 is 14.4 Å². The Morgan fingerprint density at radius 2 is 1.78 bits per heavy atom. The highest BCUT2D eigenvalue weighted by Gasteiger charge is 2.25. The minimum atomic E-state index is -0.632. The van der Waals surface area contributed by atoms with Gasteiger partial charge in [0.2, 0.25) is 11.8 Å². The van der Waals surface area contributed by atoms with Crippen LogP contribution in [0.2, 0.25) is 0 Å². The Balaban J connectivity index is 2.67. The second-order valence-electron chi connectivity index (χ2n) is 5.98. The summed E-state index contributed by atoms with van der Waals surface area (Å²) in [5.74, 6) is -0.524. The van der Waals surface area contributed by atoms with Crippen LogP contribution in [0.15, 0.2) is 30.3 Å². The van der Waals surface area contributed by atoms with E-state index in [0.717, 1.165) is 18.3 Å². The Hall–Kier alpha value is -2.17. The number of hydrogen-bond donors (Lipinski definition) is 2. The molecule has 0 aromatic heterocycles. The Morgan fingerprint density at radius 3 is 2.30 bits per heavy atom. The lowest BCUT2D eigenvalue weighted by atomic mass is 10.0. The number of carbonyl (C=O) groups is 3. The fourth-order valence-electron chi connectivity index (χ4n) is 2.28. The number of aldehydes is 1. The van der Waals surface area contributed by atoms with E-state index in [-0.39, 0.29) is 17.7 Å². The minimum Gasteiger partial charge on any atom is -0.344 e. The first-order valence-electron chi connectivity index (χ1n) is 8.06. The molecule has 0 saturated heterocycles. The van der Waals surface area contributed by atoms with Crippen LogP contribution >= 0.6 is 0 Å². The quantitative estimate of drug-likeness (QED) is 0.682. The Bertz CT molecular complexity index is 514. The van der Waals surface area contributed by atoms with Gasteiger partial charge in [0.25, 0.3) is 0 Å². The molecule has 1 rings (SSSR count). The highest BCUT2D eigenvalue weighted by atomic mass is 16.2. The molecule has 0 aliphatic rings. The predicted molar refractivity (Wildman–Crippen MR) is 89.8 cm³/mol. The lowest BCUT2D eigenvalue weighted by Crippen LogP contribution is -2.52. The van der Waals surface area contributed by atoms with Crippen LogP contribution in [0.3, 0.4) is 0 Å². The van der Waals surface area contributed by atoms with Crippen LogP contribution < -0.4 is 10.6 Å². The van der Waals surface area contributed by atoms with Crippen LogP contribution in [0.4, 0.5) is 0 Å². The van der Waals surface area contributed by atoms with Gasteiger partial charge in [0.15, 0.2) is 0 Å². The monoisotopic (exact) mass is 318 g/mol. The average molecular weight is 318 g/mol. The first-order valence-corrected chi connectivity index (χ1v) is 8.06. The number of rotatable bonds is 9. The Kier molecular flexibility index (Phi) is 8.02. The third-order valence-electron chi connectivity index (χ3n) is 3.53. The van der Waals surface area contributed by atoms with E-state index < -0.39 is 12.1 Å². The second-order valence-corrected chi connectivity index (χ2v) is 5.98. The highest BCUT2D eigenvalue weighted by Crippen LogP contribution is 2.06. The molecule has 5 heteroatoms. The highest BCUT2D eigenvalue weighted by molar-refractivity contribution is 5.89. The van der Waals surface area contributed by atoms with Gasteiger partial charge in [-0.1, -0.05) is 51.1 Å². The van der Waals surface area contributed by atoms with Crippen molar-refractivity contribution >= 4 is 18.1 Å². The van der Waals surface area contributed by atoms with E-state index in [1.54, 1.807) is 0 Å². The maximum absolute atomic E-state index is 12.4. The molecule has 2 atom stereocenters. The molecule has 0 radical (unpaired) electrons. The summed E-state index contributed by atoms with van der Waals surface area (Å²) < 4.78 is 0. The summed E-state index contributed by atoms with van der Waals surface area (Å²) in [5, 5.41) is 5.47. The van der Waals surface area contributed by atoms with Gasteiger partial charge in [0.05, 0.1) is 6.04 Å². The summed E-state index contributed by atoms with van der Waals surface area (Å²) in [5.41, 5.74) is 0.973. The standard InChI is InChI=1S/C18H26N2O3/c1-4-8-16(22)20-17(13(2)3)18(23)19-15(12-21)11-14-9-6-5-7-10-14/h5-7,9-10,12-13,15,17H,4,8,11H2,1-3H3,(H,19,23)(H,20,22)/t15-,17-/m0/s1. The molecule has 0 spiro atoms. The molecule has 2 amide bonds. The largest absolute Gasteiger partial charge is 0.344 e. The van der Waals surface area contributed by atoms with E-state index in [2.05, 4.69) is 10.6 Å². The van der Waals surface area contributed by atoms with Crippen molar-refractivity contribution in [1.82, 2.24) is 10.6 Å². The van der Waals surface area contributed by atoms with Gasteiger partial charge in [-0.2, -0.15) is 0 Å². The van der Waals surface area contributed by atoms with E-state index in [9.17, 15) is 14.4 Å². The molecule has 0 aliphatic carbocycles. The molecule has 0 heterocycles. The normalized spacial score (nSPS) is 13.2. The molecule has 0 bridgehead atoms. The number of amides is 2. The number of hydrogen-bond acceptors (Lipinski definition) is 3. The summed E-state index contributed by atoms with van der Waals surface area (Å²) >= 11 is 0. The first kappa shape index (κ1) is 18.9. The predicted octanol–water partition coefficient (Wildman–Crippen LogP) is 1.85. The summed E-state index contributed by atoms with van der Waals surface area (Å²) in [4.78, 5) is 35.4. The zero-order chi connectivity index (χ0) is 17.2. The maximum atomic E-state index is 12.4. The van der Waals surface area contributed by atoms with Gasteiger partial charge in [-0.3, -0.25) is 9.59 Å². The van der Waals surface area contributed by atoms with Gasteiger partial charge in [0.1, 0.15) is 12.3 Å². The van der Waals surface area contributed by atoms with Crippen molar-refractivity contribution in [1.29, 1.82) is 0 Å². The molecule has 0 saturated carbocycles. The number of benzene rings is 1. The smallest absolute Gasteiger partial charge is 0.243 e. The molecule has 0 aliphatic heterocycles. The van der Waals surface area contributed by atoms with Crippen molar-refractivity contribution in [2.24, 2.45) is 5.92 Å². The zero-order valence-corrected chi connectivity index (χ0v) is 14.0. The topological polar surface area (TPSA) is 75.3 Å². The van der Waals surface area contributed by atoms with Crippen molar-refractivity contribution in [3.05, 3.63) is 35.9 Å². The van der Waals surface area contributed by atoms with E-state index in [1.165, 1.54) is 0 Å². The Labute approximate surface area is 137 Å². The van der Waals surface area contributed by atoms with Crippen molar-refractivity contribution in [3.63, 3.8) is 0 Å². The van der Waals surface area contributed by atoms with Gasteiger partial charge < -0.3 is 15.4 Å². The van der Waals surface area contributed by atoms with Crippen LogP contribution in [0.5, 0.6) is 0 Å². The average Bonchev–Trinajstić information content (AvgIpc) is 2.52. The molecule has 23 heavy (non-hydrogen) atoms. The van der Waals surface area contributed by atoms with Gasteiger partial charge in [-0.25, -0.2) is 0 Å². The van der Waals surface area contributed by atoms with Crippen LogP contribution in [0, 0.1) is 5.92 Å². The molecule has 0 unspecified atom stereocenters. The first-order chi connectivity index (χ1) is 11.0. The summed E-state index contributed by atoms with van der Waals surface area (Å²) in [7, 11) is 0. The maximum Gasteiger partial charge on any atom is 0.243 e. The van der Waals surface area contributed by atoms with E-state index >= 15 is 0 Å². The third kappa shape index (κ3) is 6.63. The molecular weight excluding hydrogens is 292 g/mol. The van der Waals surface area contributed by atoms with Crippen LogP contribution in [-0.4, -0.2) is 30.2 Å². The minimum absolute atomic E-state index is 0.0557. The van der Waals surface area contributed by atoms with E-state index in [1.807, 2.05) is 51.1 Å². The SMILES string of the molecule is CCCC(=O)N[C@H](C(=O)N[C@H](C=O)Cc1ccccc1)C(C)C. The lowest BCUT2D eigenvalue weighted by molar-refractivity contribution is -0.131. The van der Waals surface area contributed by atoms with Crippen molar-refractivity contribution in [3.8, 4) is 0 Å². The fourth-order valence-corrected chi connectivity index (χ4v) is 2.28. The molecule has 2 N–H and O–H groups in total. The molecule has 5 nitrogen and oxygen atoms in total. The third-order valence-corrected chi connectivity index (χ3v) is 3.53. The molecule has 0 fully saturated rings. The number of carbonyl (C=O) groups excluding carboxylic acids is 3. The Morgan fingerprint density at radius 1 is 1.13 bits per heavy atom. The fraction of sp³-hybridized carbons (Fsp3) is 0.500. The zero-order valence-electron chi connectivity index (χ0n) is 14.0.